The third-order valence-corrected chi connectivity index (χ3v) is 4.93. The minimum absolute atomic E-state index is 0.193. The molecule has 0 bridgehead atoms. The largest absolute Gasteiger partial charge is 0.387 e. The molecule has 20 heavy (non-hydrogen) atoms. The van der Waals surface area contributed by atoms with Gasteiger partial charge in [0.05, 0.1) is 6.10 Å². The SMILES string of the molecule is CC(C(O)c1ccccc1)N1CCC(C(C)(C)C)CC1. The van der Waals surface area contributed by atoms with Gasteiger partial charge in [-0.15, -0.1) is 0 Å². The van der Waals surface area contributed by atoms with E-state index in [0.29, 0.717) is 5.41 Å². The molecule has 0 radical (unpaired) electrons. The van der Waals surface area contributed by atoms with Gasteiger partial charge in [0.25, 0.3) is 0 Å². The molecule has 1 heterocycles. The molecular weight excluding hydrogens is 246 g/mol. The predicted molar refractivity (Wildman–Crippen MR) is 84.6 cm³/mol. The van der Waals surface area contributed by atoms with Crippen LogP contribution in [-0.4, -0.2) is 29.1 Å². The van der Waals surface area contributed by atoms with Crippen LogP contribution in [0.5, 0.6) is 0 Å². The second kappa shape index (κ2) is 6.28. The summed E-state index contributed by atoms with van der Waals surface area (Å²) in [5, 5.41) is 10.5. The van der Waals surface area contributed by atoms with E-state index in [0.717, 1.165) is 24.6 Å². The first-order chi connectivity index (χ1) is 9.39. The molecule has 1 N–H and O–H groups in total. The molecule has 1 aromatic carbocycles. The van der Waals surface area contributed by atoms with Crippen LogP contribution in [0.15, 0.2) is 30.3 Å². The zero-order valence-electron chi connectivity index (χ0n) is 13.3. The van der Waals surface area contributed by atoms with E-state index in [1.54, 1.807) is 0 Å². The number of benzene rings is 1. The average Bonchev–Trinajstić information content (AvgIpc) is 2.46. The highest BCUT2D eigenvalue weighted by molar-refractivity contribution is 5.18. The zero-order valence-corrected chi connectivity index (χ0v) is 13.3. The molecule has 1 aliphatic rings. The van der Waals surface area contributed by atoms with Crippen LogP contribution >= 0.6 is 0 Å². The quantitative estimate of drug-likeness (QED) is 0.905. The number of nitrogens with zero attached hydrogens (tertiary/aromatic N) is 1. The lowest BCUT2D eigenvalue weighted by Crippen LogP contribution is -2.44. The van der Waals surface area contributed by atoms with Crippen molar-refractivity contribution in [2.45, 2.75) is 52.7 Å². The molecular formula is C18H29NO. The standard InChI is InChI=1S/C18H29NO/c1-14(17(20)15-8-6-5-7-9-15)19-12-10-16(11-13-19)18(2,3)4/h5-9,14,16-17,20H,10-13H2,1-4H3. The van der Waals surface area contributed by atoms with Crippen molar-refractivity contribution >= 4 is 0 Å². The van der Waals surface area contributed by atoms with Gasteiger partial charge in [-0.3, -0.25) is 4.90 Å². The van der Waals surface area contributed by atoms with Gasteiger partial charge in [-0.2, -0.15) is 0 Å². The topological polar surface area (TPSA) is 23.5 Å². The third-order valence-electron chi connectivity index (χ3n) is 4.93. The Morgan fingerprint density at radius 2 is 1.65 bits per heavy atom. The highest BCUT2D eigenvalue weighted by Gasteiger charge is 2.32. The Morgan fingerprint density at radius 1 is 1.10 bits per heavy atom. The molecule has 2 heteroatoms. The molecule has 2 atom stereocenters. The van der Waals surface area contributed by atoms with Crippen LogP contribution in [0.25, 0.3) is 0 Å². The van der Waals surface area contributed by atoms with Crippen molar-refractivity contribution in [3.05, 3.63) is 35.9 Å². The predicted octanol–water partition coefficient (Wildman–Crippen LogP) is 3.87. The number of likely N-dealkylation sites (tertiary alicyclic amines) is 1. The summed E-state index contributed by atoms with van der Waals surface area (Å²) in [7, 11) is 0. The number of hydrogen-bond donors (Lipinski definition) is 1. The Labute approximate surface area is 123 Å². The third kappa shape index (κ3) is 3.62. The highest BCUT2D eigenvalue weighted by Crippen LogP contribution is 2.35. The summed E-state index contributed by atoms with van der Waals surface area (Å²) in [6.07, 6.45) is 2.10. The lowest BCUT2D eigenvalue weighted by Gasteiger charge is -2.42. The maximum atomic E-state index is 10.5. The molecule has 2 unspecified atom stereocenters. The highest BCUT2D eigenvalue weighted by atomic mass is 16.3. The first kappa shape index (κ1) is 15.5. The first-order valence-electron chi connectivity index (χ1n) is 7.86. The van der Waals surface area contributed by atoms with Crippen LogP contribution in [0.3, 0.4) is 0 Å². The van der Waals surface area contributed by atoms with Crippen molar-refractivity contribution in [3.8, 4) is 0 Å². The van der Waals surface area contributed by atoms with Crippen molar-refractivity contribution in [2.24, 2.45) is 11.3 Å². The van der Waals surface area contributed by atoms with E-state index >= 15 is 0 Å². The Hall–Kier alpha value is -0.860. The summed E-state index contributed by atoms with van der Waals surface area (Å²) < 4.78 is 0. The molecule has 2 rings (SSSR count). The molecule has 1 saturated heterocycles. The summed E-state index contributed by atoms with van der Waals surface area (Å²) in [4.78, 5) is 2.44. The zero-order chi connectivity index (χ0) is 14.8. The van der Waals surface area contributed by atoms with E-state index in [4.69, 9.17) is 0 Å². The monoisotopic (exact) mass is 275 g/mol. The smallest absolute Gasteiger partial charge is 0.0942 e. The van der Waals surface area contributed by atoms with Crippen LogP contribution in [0, 0.1) is 11.3 Å². The van der Waals surface area contributed by atoms with Gasteiger partial charge in [-0.05, 0) is 49.8 Å². The molecule has 1 aliphatic heterocycles. The van der Waals surface area contributed by atoms with Crippen molar-refractivity contribution in [3.63, 3.8) is 0 Å². The van der Waals surface area contributed by atoms with Gasteiger partial charge in [0.2, 0.25) is 0 Å². The Balaban J connectivity index is 1.93. The van der Waals surface area contributed by atoms with Crippen molar-refractivity contribution in [2.75, 3.05) is 13.1 Å². The number of aliphatic hydroxyl groups excluding tert-OH is 1. The fraction of sp³-hybridized carbons (Fsp3) is 0.667. The van der Waals surface area contributed by atoms with Gasteiger partial charge in [0.1, 0.15) is 0 Å². The van der Waals surface area contributed by atoms with Gasteiger partial charge in [-0.1, -0.05) is 51.1 Å². The summed E-state index contributed by atoms with van der Waals surface area (Å²) in [5.74, 6) is 0.805. The maximum absolute atomic E-state index is 10.5. The van der Waals surface area contributed by atoms with Crippen LogP contribution < -0.4 is 0 Å². The van der Waals surface area contributed by atoms with Crippen molar-refractivity contribution < 1.29 is 5.11 Å². The Kier molecular flexibility index (Phi) is 4.87. The minimum Gasteiger partial charge on any atom is -0.387 e. The van der Waals surface area contributed by atoms with E-state index < -0.39 is 0 Å². The summed E-state index contributed by atoms with van der Waals surface area (Å²) >= 11 is 0. The fourth-order valence-electron chi connectivity index (χ4n) is 3.30. The van der Waals surface area contributed by atoms with Crippen molar-refractivity contribution in [1.82, 2.24) is 4.90 Å². The lowest BCUT2D eigenvalue weighted by atomic mass is 9.75. The van der Waals surface area contributed by atoms with Gasteiger partial charge in [-0.25, -0.2) is 0 Å². The number of rotatable bonds is 3. The Morgan fingerprint density at radius 3 is 2.15 bits per heavy atom. The molecule has 1 fully saturated rings. The molecule has 0 amide bonds. The van der Waals surface area contributed by atoms with E-state index in [-0.39, 0.29) is 12.1 Å². The molecule has 0 aromatic heterocycles. The van der Waals surface area contributed by atoms with Crippen LogP contribution in [-0.2, 0) is 0 Å². The van der Waals surface area contributed by atoms with E-state index in [1.807, 2.05) is 30.3 Å². The van der Waals surface area contributed by atoms with Gasteiger partial charge in [0.15, 0.2) is 0 Å². The molecule has 112 valence electrons. The second-order valence-electron chi connectivity index (χ2n) is 7.27. The van der Waals surface area contributed by atoms with Gasteiger partial charge < -0.3 is 5.11 Å². The molecule has 0 saturated carbocycles. The van der Waals surface area contributed by atoms with Crippen LogP contribution in [0.4, 0.5) is 0 Å². The van der Waals surface area contributed by atoms with Gasteiger partial charge in [0, 0.05) is 6.04 Å². The summed E-state index contributed by atoms with van der Waals surface area (Å²) in [6, 6.07) is 10.2. The normalized spacial score (nSPS) is 21.6. The second-order valence-corrected chi connectivity index (χ2v) is 7.27. The Bertz CT molecular complexity index is 401. The van der Waals surface area contributed by atoms with Gasteiger partial charge >= 0.3 is 0 Å². The van der Waals surface area contributed by atoms with Crippen LogP contribution in [0.2, 0.25) is 0 Å². The molecule has 0 aliphatic carbocycles. The average molecular weight is 275 g/mol. The van der Waals surface area contributed by atoms with E-state index in [1.165, 1.54) is 12.8 Å². The van der Waals surface area contributed by atoms with Crippen molar-refractivity contribution in [1.29, 1.82) is 0 Å². The first-order valence-corrected chi connectivity index (χ1v) is 7.86. The number of hydrogen-bond acceptors (Lipinski definition) is 2. The minimum atomic E-state index is -0.387. The van der Waals surface area contributed by atoms with E-state index in [9.17, 15) is 5.11 Å². The molecule has 0 spiro atoms. The number of aliphatic hydroxyl groups is 1. The van der Waals surface area contributed by atoms with E-state index in [2.05, 4.69) is 32.6 Å². The maximum Gasteiger partial charge on any atom is 0.0942 e. The molecule has 2 nitrogen and oxygen atoms in total. The van der Waals surface area contributed by atoms with Crippen LogP contribution in [0.1, 0.15) is 52.2 Å². The summed E-state index contributed by atoms with van der Waals surface area (Å²) in [6.45, 7) is 11.4. The molecule has 1 aromatic rings. The number of piperidine rings is 1. The fourth-order valence-corrected chi connectivity index (χ4v) is 3.30. The summed E-state index contributed by atoms with van der Waals surface area (Å²) in [5.41, 5.74) is 1.44. The lowest BCUT2D eigenvalue weighted by molar-refractivity contribution is 0.0220.